The Morgan fingerprint density at radius 2 is 1.84 bits per heavy atom. The summed E-state index contributed by atoms with van der Waals surface area (Å²) in [5.74, 6) is -1.17. The lowest BCUT2D eigenvalue weighted by atomic mass is 9.87. The molecule has 1 unspecified atom stereocenters. The Balaban J connectivity index is 2.41. The average molecular weight is 263 g/mol. The van der Waals surface area contributed by atoms with E-state index in [2.05, 4.69) is 4.99 Å². The highest BCUT2D eigenvalue weighted by Gasteiger charge is 2.46. The van der Waals surface area contributed by atoms with Gasteiger partial charge in [-0.15, -0.1) is 0 Å². The molecule has 102 valence electrons. The number of hydrogen-bond acceptors (Lipinski definition) is 4. The molecule has 0 radical (unpaired) electrons. The number of rotatable bonds is 2. The number of ketones is 1. The smallest absolute Gasteiger partial charge is 0.293 e. The van der Waals surface area contributed by atoms with E-state index < -0.39 is 17.9 Å². The van der Waals surface area contributed by atoms with Crippen LogP contribution in [0.4, 0.5) is 4.79 Å². The first-order valence-corrected chi connectivity index (χ1v) is 6.20. The van der Waals surface area contributed by atoms with Gasteiger partial charge in [-0.05, 0) is 12.3 Å². The molecule has 0 aromatic carbocycles. The number of nitrogens with zero attached hydrogens (tertiary/aromatic N) is 3. The van der Waals surface area contributed by atoms with E-state index in [1.807, 2.05) is 13.8 Å². The maximum Gasteiger partial charge on any atom is 0.331 e. The van der Waals surface area contributed by atoms with Gasteiger partial charge in [0.05, 0.1) is 0 Å². The summed E-state index contributed by atoms with van der Waals surface area (Å²) in [5.41, 5.74) is 0.549. The molecule has 0 N–H and O–H groups in total. The number of aliphatic imine (C=N–C) groups is 1. The molecule has 2 aliphatic rings. The second kappa shape index (κ2) is 4.60. The van der Waals surface area contributed by atoms with E-state index in [9.17, 15) is 14.4 Å². The van der Waals surface area contributed by atoms with Crippen molar-refractivity contribution in [3.63, 3.8) is 0 Å². The lowest BCUT2D eigenvalue weighted by Gasteiger charge is -2.36. The van der Waals surface area contributed by atoms with Crippen LogP contribution in [-0.4, -0.2) is 47.5 Å². The predicted molar refractivity (Wildman–Crippen MR) is 69.4 cm³/mol. The van der Waals surface area contributed by atoms with E-state index in [0.717, 1.165) is 4.90 Å². The van der Waals surface area contributed by atoms with Crippen LogP contribution in [0.25, 0.3) is 0 Å². The first-order chi connectivity index (χ1) is 8.84. The van der Waals surface area contributed by atoms with E-state index in [-0.39, 0.29) is 11.6 Å². The molecule has 0 spiro atoms. The minimum absolute atomic E-state index is 0.227. The van der Waals surface area contributed by atoms with Crippen LogP contribution in [0.15, 0.2) is 16.8 Å². The fraction of sp³-hybridized carbons (Fsp3) is 0.538. The molecule has 0 aromatic rings. The SMILES string of the molecule is CC(C)CC1=CN=C2C(C1=O)C(=O)N(C)C(=O)N2C. The van der Waals surface area contributed by atoms with Crippen molar-refractivity contribution in [3.05, 3.63) is 11.8 Å². The van der Waals surface area contributed by atoms with Crippen LogP contribution < -0.4 is 0 Å². The lowest BCUT2D eigenvalue weighted by Crippen LogP contribution is -2.59. The molecule has 1 atom stereocenters. The predicted octanol–water partition coefficient (Wildman–Crippen LogP) is 1.04. The van der Waals surface area contributed by atoms with E-state index in [1.54, 1.807) is 0 Å². The van der Waals surface area contributed by atoms with Crippen molar-refractivity contribution in [3.8, 4) is 0 Å². The fourth-order valence-electron chi connectivity index (χ4n) is 2.29. The van der Waals surface area contributed by atoms with Gasteiger partial charge in [-0.3, -0.25) is 19.4 Å². The monoisotopic (exact) mass is 263 g/mol. The molecular formula is C13H17N3O3. The van der Waals surface area contributed by atoms with E-state index in [1.165, 1.54) is 25.2 Å². The van der Waals surface area contributed by atoms with E-state index in [0.29, 0.717) is 17.9 Å². The Morgan fingerprint density at radius 3 is 2.42 bits per heavy atom. The number of hydrogen-bond donors (Lipinski definition) is 0. The zero-order valence-electron chi connectivity index (χ0n) is 11.5. The first kappa shape index (κ1) is 13.5. The third kappa shape index (κ3) is 2.07. The summed E-state index contributed by atoms with van der Waals surface area (Å²) >= 11 is 0. The highest BCUT2D eigenvalue weighted by molar-refractivity contribution is 6.31. The summed E-state index contributed by atoms with van der Waals surface area (Å²) in [7, 11) is 2.90. The van der Waals surface area contributed by atoms with Gasteiger partial charge in [0.1, 0.15) is 5.84 Å². The average Bonchev–Trinajstić information content (AvgIpc) is 2.35. The molecule has 6 nitrogen and oxygen atoms in total. The second-order valence-corrected chi connectivity index (χ2v) is 5.28. The van der Waals surface area contributed by atoms with Crippen LogP contribution in [0.5, 0.6) is 0 Å². The first-order valence-electron chi connectivity index (χ1n) is 6.20. The normalized spacial score (nSPS) is 23.6. The molecule has 6 heteroatoms. The molecule has 3 amide bonds. The van der Waals surface area contributed by atoms with Crippen molar-refractivity contribution >= 4 is 23.6 Å². The molecule has 1 saturated heterocycles. The van der Waals surface area contributed by atoms with Crippen molar-refractivity contribution in [1.82, 2.24) is 9.80 Å². The van der Waals surface area contributed by atoms with Gasteiger partial charge < -0.3 is 0 Å². The summed E-state index contributed by atoms with van der Waals surface area (Å²) in [6, 6.07) is -0.464. The summed E-state index contributed by atoms with van der Waals surface area (Å²) in [6.45, 7) is 4.00. The molecule has 2 heterocycles. The van der Waals surface area contributed by atoms with E-state index >= 15 is 0 Å². The van der Waals surface area contributed by atoms with Gasteiger partial charge in [-0.25, -0.2) is 9.79 Å². The molecular weight excluding hydrogens is 246 g/mol. The molecule has 1 fully saturated rings. The molecule has 0 aliphatic carbocycles. The van der Waals surface area contributed by atoms with Crippen LogP contribution in [-0.2, 0) is 9.59 Å². The van der Waals surface area contributed by atoms with Gasteiger partial charge in [0.15, 0.2) is 11.7 Å². The highest BCUT2D eigenvalue weighted by Crippen LogP contribution is 2.27. The van der Waals surface area contributed by atoms with Gasteiger partial charge in [-0.1, -0.05) is 13.8 Å². The molecule has 2 rings (SSSR count). The number of amidine groups is 1. The van der Waals surface area contributed by atoms with Gasteiger partial charge in [0.2, 0.25) is 5.91 Å². The maximum atomic E-state index is 12.4. The van der Waals surface area contributed by atoms with Crippen molar-refractivity contribution in [1.29, 1.82) is 0 Å². The number of imide groups is 1. The third-order valence-corrected chi connectivity index (χ3v) is 3.31. The largest absolute Gasteiger partial charge is 0.331 e. The Bertz CT molecular complexity index is 519. The Labute approximate surface area is 111 Å². The molecule has 2 aliphatic heterocycles. The highest BCUT2D eigenvalue weighted by atomic mass is 16.2. The zero-order valence-corrected chi connectivity index (χ0v) is 11.5. The zero-order chi connectivity index (χ0) is 14.3. The number of carbonyl (C=O) groups excluding carboxylic acids is 3. The quantitative estimate of drug-likeness (QED) is 0.699. The Hall–Kier alpha value is -1.98. The number of amides is 3. The number of fused-ring (bicyclic) bond motifs is 1. The van der Waals surface area contributed by atoms with Crippen molar-refractivity contribution in [2.75, 3.05) is 14.1 Å². The van der Waals surface area contributed by atoms with Crippen LogP contribution in [0.2, 0.25) is 0 Å². The van der Waals surface area contributed by atoms with Crippen LogP contribution in [0.1, 0.15) is 20.3 Å². The number of allylic oxidation sites excluding steroid dienone is 1. The molecule has 0 saturated carbocycles. The van der Waals surface area contributed by atoms with Crippen LogP contribution >= 0.6 is 0 Å². The third-order valence-electron chi connectivity index (χ3n) is 3.31. The number of Topliss-reactive ketones (excluding diaryl/α,β-unsaturated/α-hetero) is 1. The van der Waals surface area contributed by atoms with Crippen LogP contribution in [0, 0.1) is 11.8 Å². The van der Waals surface area contributed by atoms with Gasteiger partial charge >= 0.3 is 6.03 Å². The lowest BCUT2D eigenvalue weighted by molar-refractivity contribution is -0.135. The Morgan fingerprint density at radius 1 is 1.21 bits per heavy atom. The molecule has 0 bridgehead atoms. The Kier molecular flexibility index (Phi) is 3.26. The minimum atomic E-state index is -0.966. The summed E-state index contributed by atoms with van der Waals surface area (Å²) in [5, 5.41) is 0. The van der Waals surface area contributed by atoms with Crippen molar-refractivity contribution in [2.45, 2.75) is 20.3 Å². The maximum absolute atomic E-state index is 12.4. The molecule has 19 heavy (non-hydrogen) atoms. The number of carbonyl (C=O) groups is 3. The van der Waals surface area contributed by atoms with Crippen LogP contribution in [0.3, 0.4) is 0 Å². The summed E-state index contributed by atoms with van der Waals surface area (Å²) < 4.78 is 0. The van der Waals surface area contributed by atoms with Gasteiger partial charge in [0, 0.05) is 25.9 Å². The number of urea groups is 1. The minimum Gasteiger partial charge on any atom is -0.293 e. The van der Waals surface area contributed by atoms with Crippen molar-refractivity contribution < 1.29 is 14.4 Å². The fourth-order valence-corrected chi connectivity index (χ4v) is 2.29. The second-order valence-electron chi connectivity index (χ2n) is 5.28. The topological polar surface area (TPSA) is 70.0 Å². The van der Waals surface area contributed by atoms with E-state index in [4.69, 9.17) is 0 Å². The standard InChI is InChI=1S/C13H17N3O3/c1-7(2)5-8-6-14-11-9(10(8)17)12(18)16(4)13(19)15(11)3/h6-7,9H,5H2,1-4H3. The summed E-state index contributed by atoms with van der Waals surface area (Å²) in [4.78, 5) is 42.6. The molecule has 0 aromatic heterocycles. The summed E-state index contributed by atoms with van der Waals surface area (Å²) in [6.07, 6.45) is 2.07. The van der Waals surface area contributed by atoms with Gasteiger partial charge in [-0.2, -0.15) is 0 Å². The van der Waals surface area contributed by atoms with Crippen molar-refractivity contribution in [2.24, 2.45) is 16.8 Å². The van der Waals surface area contributed by atoms with Gasteiger partial charge in [0.25, 0.3) is 0 Å².